The van der Waals surface area contributed by atoms with E-state index in [1.54, 1.807) is 24.1 Å². The first-order chi connectivity index (χ1) is 16.3. The van der Waals surface area contributed by atoms with Crippen LogP contribution in [0.3, 0.4) is 0 Å². The summed E-state index contributed by atoms with van der Waals surface area (Å²) in [4.78, 5) is 22.2. The summed E-state index contributed by atoms with van der Waals surface area (Å²) in [5.41, 5.74) is 4.12. The van der Waals surface area contributed by atoms with Gasteiger partial charge in [-0.05, 0) is 70.9 Å². The third-order valence-electron chi connectivity index (χ3n) is 6.27. The standard InChI is InChI=1S/C28H41N3O3/c1-8-12-24(25-19-27(32)31(20-30-25)22-14-17-34-18-15-22)23(9-2)21(4)13-11-16-29-26(10-3)28(5,6)33-7/h9-10,12,16,19-20,22H,4,8,11,13-15,17-18H2,1-3,5-7H3/b23-9-,24-12+,26-10-,29-16?. The molecular formula is C28H41N3O3. The lowest BCUT2D eigenvalue weighted by Crippen LogP contribution is -2.29. The molecule has 0 bridgehead atoms. The number of hydrogen-bond acceptors (Lipinski definition) is 5. The third kappa shape index (κ3) is 7.21. The molecule has 0 radical (unpaired) electrons. The summed E-state index contributed by atoms with van der Waals surface area (Å²) in [6, 6.07) is 1.81. The Labute approximate surface area is 204 Å². The minimum absolute atomic E-state index is 0.0215. The van der Waals surface area contributed by atoms with Crippen LogP contribution in [-0.2, 0) is 9.47 Å². The van der Waals surface area contributed by atoms with Crippen molar-refractivity contribution in [2.75, 3.05) is 20.3 Å². The van der Waals surface area contributed by atoms with Crippen LogP contribution in [0.2, 0.25) is 0 Å². The van der Waals surface area contributed by atoms with Crippen molar-refractivity contribution in [1.29, 1.82) is 0 Å². The first-order valence-corrected chi connectivity index (χ1v) is 12.2. The summed E-state index contributed by atoms with van der Waals surface area (Å²) in [6.45, 7) is 15.8. The third-order valence-corrected chi connectivity index (χ3v) is 6.27. The highest BCUT2D eigenvalue weighted by atomic mass is 16.5. The predicted octanol–water partition coefficient (Wildman–Crippen LogP) is 6.07. The molecular weight excluding hydrogens is 426 g/mol. The molecule has 0 unspecified atom stereocenters. The van der Waals surface area contributed by atoms with Gasteiger partial charge in [0.15, 0.2) is 0 Å². The molecule has 1 saturated heterocycles. The van der Waals surface area contributed by atoms with Crippen molar-refractivity contribution in [3.05, 3.63) is 70.1 Å². The van der Waals surface area contributed by atoms with Crippen LogP contribution in [0.1, 0.15) is 78.5 Å². The summed E-state index contributed by atoms with van der Waals surface area (Å²) in [6.07, 6.45) is 13.8. The van der Waals surface area contributed by atoms with E-state index in [2.05, 4.69) is 35.6 Å². The van der Waals surface area contributed by atoms with Crippen LogP contribution in [0.25, 0.3) is 5.57 Å². The molecule has 186 valence electrons. The highest BCUT2D eigenvalue weighted by Crippen LogP contribution is 2.29. The summed E-state index contributed by atoms with van der Waals surface area (Å²) in [5, 5.41) is 0. The number of allylic oxidation sites excluding steroid dienone is 6. The molecule has 0 amide bonds. The average molecular weight is 468 g/mol. The van der Waals surface area contributed by atoms with Gasteiger partial charge in [-0.1, -0.05) is 31.7 Å². The van der Waals surface area contributed by atoms with Crippen LogP contribution in [-0.4, -0.2) is 41.7 Å². The predicted molar refractivity (Wildman–Crippen MR) is 141 cm³/mol. The van der Waals surface area contributed by atoms with E-state index in [9.17, 15) is 4.79 Å². The van der Waals surface area contributed by atoms with Gasteiger partial charge in [0.25, 0.3) is 5.56 Å². The number of ether oxygens (including phenoxy) is 2. The number of aliphatic imine (C=N–C) groups is 1. The average Bonchev–Trinajstić information content (AvgIpc) is 2.84. The van der Waals surface area contributed by atoms with Gasteiger partial charge in [0.05, 0.1) is 17.7 Å². The van der Waals surface area contributed by atoms with E-state index in [1.807, 2.05) is 40.0 Å². The molecule has 34 heavy (non-hydrogen) atoms. The molecule has 0 spiro atoms. The van der Waals surface area contributed by atoms with E-state index in [-0.39, 0.29) is 11.6 Å². The topological polar surface area (TPSA) is 65.7 Å². The molecule has 0 aliphatic carbocycles. The molecule has 2 heterocycles. The van der Waals surface area contributed by atoms with Crippen molar-refractivity contribution in [1.82, 2.24) is 9.55 Å². The molecule has 1 aliphatic rings. The van der Waals surface area contributed by atoms with E-state index in [1.165, 1.54) is 0 Å². The van der Waals surface area contributed by atoms with Gasteiger partial charge in [-0.2, -0.15) is 0 Å². The van der Waals surface area contributed by atoms with Gasteiger partial charge < -0.3 is 9.47 Å². The molecule has 1 aromatic heterocycles. The number of aromatic nitrogens is 2. The Hall–Kier alpha value is -2.57. The zero-order valence-corrected chi connectivity index (χ0v) is 21.8. The summed E-state index contributed by atoms with van der Waals surface area (Å²) in [5.74, 6) is 0. The summed E-state index contributed by atoms with van der Waals surface area (Å²) >= 11 is 0. The quantitative estimate of drug-likeness (QED) is 0.293. The molecule has 1 aliphatic heterocycles. The number of methoxy groups -OCH3 is 1. The highest BCUT2D eigenvalue weighted by molar-refractivity contribution is 5.81. The van der Waals surface area contributed by atoms with Gasteiger partial charge in [0.1, 0.15) is 5.60 Å². The molecule has 6 nitrogen and oxygen atoms in total. The van der Waals surface area contributed by atoms with Gasteiger partial charge in [-0.25, -0.2) is 4.98 Å². The van der Waals surface area contributed by atoms with Gasteiger partial charge in [0.2, 0.25) is 0 Å². The fraction of sp³-hybridized carbons (Fsp3) is 0.536. The van der Waals surface area contributed by atoms with Crippen molar-refractivity contribution >= 4 is 11.8 Å². The Morgan fingerprint density at radius 2 is 2.03 bits per heavy atom. The second-order valence-corrected chi connectivity index (χ2v) is 8.93. The Morgan fingerprint density at radius 3 is 2.59 bits per heavy atom. The zero-order valence-electron chi connectivity index (χ0n) is 21.8. The lowest BCUT2D eigenvalue weighted by Gasteiger charge is -2.24. The maximum absolute atomic E-state index is 12.9. The van der Waals surface area contributed by atoms with Crippen molar-refractivity contribution < 1.29 is 9.47 Å². The molecule has 0 saturated carbocycles. The second-order valence-electron chi connectivity index (χ2n) is 8.93. The van der Waals surface area contributed by atoms with Crippen LogP contribution < -0.4 is 5.56 Å². The van der Waals surface area contributed by atoms with E-state index in [0.717, 1.165) is 54.5 Å². The van der Waals surface area contributed by atoms with E-state index < -0.39 is 5.60 Å². The SMILES string of the molecule is C=C(CCC=N/C(=C\C)C(C)(C)OC)C(=C/C)/C(=C\CC)c1cc(=O)n(C2CCOCC2)cn1. The van der Waals surface area contributed by atoms with Gasteiger partial charge in [0, 0.05) is 44.2 Å². The van der Waals surface area contributed by atoms with E-state index in [4.69, 9.17) is 9.47 Å². The molecule has 0 aromatic carbocycles. The van der Waals surface area contributed by atoms with Crippen LogP contribution in [0.5, 0.6) is 0 Å². The Bertz CT molecular complexity index is 1010. The molecule has 2 rings (SSSR count). The maximum Gasteiger partial charge on any atom is 0.254 e. The molecule has 1 fully saturated rings. The van der Waals surface area contributed by atoms with E-state index >= 15 is 0 Å². The van der Waals surface area contributed by atoms with Crippen molar-refractivity contribution in [2.45, 2.75) is 78.4 Å². The zero-order chi connectivity index (χ0) is 25.1. The van der Waals surface area contributed by atoms with Crippen LogP contribution in [0.4, 0.5) is 0 Å². The van der Waals surface area contributed by atoms with Gasteiger partial charge >= 0.3 is 0 Å². The molecule has 6 heteroatoms. The van der Waals surface area contributed by atoms with Crippen molar-refractivity contribution in [3.63, 3.8) is 0 Å². The van der Waals surface area contributed by atoms with Crippen molar-refractivity contribution in [3.8, 4) is 0 Å². The van der Waals surface area contributed by atoms with E-state index in [0.29, 0.717) is 18.9 Å². The Morgan fingerprint density at radius 1 is 1.32 bits per heavy atom. The minimum Gasteiger partial charge on any atom is -0.381 e. The number of rotatable bonds is 11. The highest BCUT2D eigenvalue weighted by Gasteiger charge is 2.21. The Balaban J connectivity index is 2.17. The smallest absolute Gasteiger partial charge is 0.254 e. The Kier molecular flexibility index (Phi) is 10.9. The molecule has 1 aromatic rings. The van der Waals surface area contributed by atoms with Crippen molar-refractivity contribution in [2.24, 2.45) is 4.99 Å². The van der Waals surface area contributed by atoms with Crippen LogP contribution in [0, 0.1) is 0 Å². The summed E-state index contributed by atoms with van der Waals surface area (Å²) in [7, 11) is 1.69. The fourth-order valence-electron chi connectivity index (χ4n) is 4.12. The molecule has 0 atom stereocenters. The van der Waals surface area contributed by atoms with Crippen LogP contribution in [0.15, 0.2) is 63.8 Å². The van der Waals surface area contributed by atoms with Gasteiger partial charge in [-0.3, -0.25) is 14.4 Å². The summed E-state index contributed by atoms with van der Waals surface area (Å²) < 4.78 is 12.7. The molecule has 0 N–H and O–H groups in total. The largest absolute Gasteiger partial charge is 0.381 e. The number of hydrogen-bond donors (Lipinski definition) is 0. The maximum atomic E-state index is 12.9. The van der Waals surface area contributed by atoms with Gasteiger partial charge in [-0.15, -0.1) is 0 Å². The first kappa shape index (κ1) is 27.7. The number of nitrogens with zero attached hydrogens (tertiary/aromatic N) is 3. The minimum atomic E-state index is -0.426. The first-order valence-electron chi connectivity index (χ1n) is 12.2. The fourth-order valence-corrected chi connectivity index (χ4v) is 4.12. The second kappa shape index (κ2) is 13.4. The normalized spacial score (nSPS) is 16.9. The van der Waals surface area contributed by atoms with Crippen LogP contribution >= 0.6 is 0 Å². The lowest BCUT2D eigenvalue weighted by molar-refractivity contribution is 0.0540. The monoisotopic (exact) mass is 467 g/mol. The lowest BCUT2D eigenvalue weighted by atomic mass is 9.92.